The third-order valence-corrected chi connectivity index (χ3v) is 4.23. The van der Waals surface area contributed by atoms with Gasteiger partial charge in [0.1, 0.15) is 5.82 Å². The zero-order valence-electron chi connectivity index (χ0n) is 14.6. The lowest BCUT2D eigenvalue weighted by Gasteiger charge is -2.19. The van der Waals surface area contributed by atoms with Gasteiger partial charge >= 0.3 is 0 Å². The zero-order chi connectivity index (χ0) is 17.6. The minimum absolute atomic E-state index is 0.0322. The maximum Gasteiger partial charge on any atom is 0.226 e. The van der Waals surface area contributed by atoms with E-state index >= 15 is 0 Å². The van der Waals surface area contributed by atoms with Crippen LogP contribution in [0.25, 0.3) is 11.0 Å². The summed E-state index contributed by atoms with van der Waals surface area (Å²) in [6.45, 7) is 6.61. The summed E-state index contributed by atoms with van der Waals surface area (Å²) in [7, 11) is 0. The van der Waals surface area contributed by atoms with Gasteiger partial charge in [-0.1, -0.05) is 12.1 Å². The number of carbonyl (C=O) groups is 1. The number of rotatable bonds is 7. The first-order valence-electron chi connectivity index (χ1n) is 8.62. The van der Waals surface area contributed by atoms with Crippen molar-refractivity contribution in [3.63, 3.8) is 0 Å². The molecule has 0 unspecified atom stereocenters. The molecule has 6 heteroatoms. The van der Waals surface area contributed by atoms with E-state index in [4.69, 9.17) is 0 Å². The molecule has 2 heterocycles. The molecule has 1 N–H and O–H groups in total. The van der Waals surface area contributed by atoms with Crippen LogP contribution >= 0.6 is 0 Å². The molecule has 1 aromatic carbocycles. The Hall–Kier alpha value is -2.89. The highest BCUT2D eigenvalue weighted by Gasteiger charge is 2.07. The molecule has 0 fully saturated rings. The van der Waals surface area contributed by atoms with Gasteiger partial charge in [0.2, 0.25) is 5.91 Å². The molecule has 0 spiro atoms. The SMILES string of the molecule is CCN(CC)c1ccc(NC(=O)CCn2cnc3ccccc32)cn1. The van der Waals surface area contributed by atoms with Gasteiger partial charge in [0.05, 0.1) is 29.2 Å². The molecule has 0 atom stereocenters. The van der Waals surface area contributed by atoms with Crippen LogP contribution in [0.2, 0.25) is 0 Å². The largest absolute Gasteiger partial charge is 0.357 e. The monoisotopic (exact) mass is 337 g/mol. The van der Waals surface area contributed by atoms with E-state index < -0.39 is 0 Å². The molecular formula is C19H23N5O. The Kier molecular flexibility index (Phi) is 5.28. The highest BCUT2D eigenvalue weighted by Crippen LogP contribution is 2.15. The summed E-state index contributed by atoms with van der Waals surface area (Å²) in [4.78, 5) is 23.1. The Morgan fingerprint density at radius 2 is 1.92 bits per heavy atom. The van der Waals surface area contributed by atoms with Crippen molar-refractivity contribution >= 4 is 28.4 Å². The average molecular weight is 337 g/mol. The molecule has 1 amide bonds. The molecule has 3 aromatic rings. The number of para-hydroxylation sites is 2. The molecule has 0 radical (unpaired) electrons. The molecule has 0 aliphatic rings. The zero-order valence-corrected chi connectivity index (χ0v) is 14.6. The van der Waals surface area contributed by atoms with Crippen LogP contribution in [0.5, 0.6) is 0 Å². The summed E-state index contributed by atoms with van der Waals surface area (Å²) in [6, 6.07) is 11.7. The predicted molar refractivity (Wildman–Crippen MR) is 101 cm³/mol. The fraction of sp³-hybridized carbons (Fsp3) is 0.316. The summed E-state index contributed by atoms with van der Waals surface area (Å²) in [5, 5.41) is 2.90. The number of benzene rings is 1. The Labute approximate surface area is 147 Å². The first kappa shape index (κ1) is 17.0. The van der Waals surface area contributed by atoms with Crippen LogP contribution < -0.4 is 10.2 Å². The highest BCUT2D eigenvalue weighted by molar-refractivity contribution is 5.90. The number of hydrogen-bond acceptors (Lipinski definition) is 4. The van der Waals surface area contributed by atoms with Gasteiger partial charge in [-0.2, -0.15) is 0 Å². The van der Waals surface area contributed by atoms with E-state index in [9.17, 15) is 4.79 Å². The van der Waals surface area contributed by atoms with Crippen molar-refractivity contribution in [2.24, 2.45) is 0 Å². The van der Waals surface area contributed by atoms with Crippen molar-refractivity contribution in [1.29, 1.82) is 0 Å². The second-order valence-electron chi connectivity index (χ2n) is 5.80. The number of aryl methyl sites for hydroxylation is 1. The van der Waals surface area contributed by atoms with Gasteiger partial charge in [-0.3, -0.25) is 4.79 Å². The number of pyridine rings is 1. The number of nitrogens with zero attached hydrogens (tertiary/aromatic N) is 4. The molecule has 0 saturated carbocycles. The average Bonchev–Trinajstić information content (AvgIpc) is 3.06. The maximum atomic E-state index is 12.2. The number of carbonyl (C=O) groups excluding carboxylic acids is 1. The number of fused-ring (bicyclic) bond motifs is 1. The molecule has 0 bridgehead atoms. The van der Waals surface area contributed by atoms with Crippen molar-refractivity contribution in [3.05, 3.63) is 48.9 Å². The third kappa shape index (κ3) is 3.96. The Bertz CT molecular complexity index is 836. The van der Waals surface area contributed by atoms with Crippen LogP contribution in [0.3, 0.4) is 0 Å². The fourth-order valence-corrected chi connectivity index (χ4v) is 2.83. The van der Waals surface area contributed by atoms with Crippen molar-refractivity contribution < 1.29 is 4.79 Å². The number of aromatic nitrogens is 3. The van der Waals surface area contributed by atoms with Gasteiger partial charge in [-0.15, -0.1) is 0 Å². The van der Waals surface area contributed by atoms with E-state index in [1.165, 1.54) is 0 Å². The lowest BCUT2D eigenvalue weighted by atomic mass is 10.3. The van der Waals surface area contributed by atoms with Crippen LogP contribution in [0.4, 0.5) is 11.5 Å². The summed E-state index contributed by atoms with van der Waals surface area (Å²) in [5.74, 6) is 0.892. The Morgan fingerprint density at radius 3 is 2.64 bits per heavy atom. The van der Waals surface area contributed by atoms with Gasteiger partial charge in [0.15, 0.2) is 0 Å². The summed E-state index contributed by atoms with van der Waals surface area (Å²) in [6.07, 6.45) is 3.87. The number of anilines is 2. The molecule has 0 aliphatic carbocycles. The van der Waals surface area contributed by atoms with Crippen molar-refractivity contribution in [2.45, 2.75) is 26.8 Å². The van der Waals surface area contributed by atoms with Crippen molar-refractivity contribution in [1.82, 2.24) is 14.5 Å². The van der Waals surface area contributed by atoms with Crippen molar-refractivity contribution in [3.8, 4) is 0 Å². The number of hydrogen-bond donors (Lipinski definition) is 1. The van der Waals surface area contributed by atoms with Gasteiger partial charge in [0.25, 0.3) is 0 Å². The van der Waals surface area contributed by atoms with Gasteiger partial charge in [-0.05, 0) is 38.1 Å². The van der Waals surface area contributed by atoms with Crippen LogP contribution in [-0.2, 0) is 11.3 Å². The lowest BCUT2D eigenvalue weighted by molar-refractivity contribution is -0.116. The normalized spacial score (nSPS) is 10.8. The van der Waals surface area contributed by atoms with E-state index in [0.717, 1.165) is 35.6 Å². The Balaban J connectivity index is 1.57. The first-order chi connectivity index (χ1) is 12.2. The standard InChI is InChI=1S/C19H23N5O/c1-3-23(4-2)18-10-9-15(13-20-18)22-19(25)11-12-24-14-21-16-7-5-6-8-17(16)24/h5-10,13-14H,3-4,11-12H2,1-2H3,(H,22,25). The van der Waals surface area contributed by atoms with Crippen LogP contribution in [-0.4, -0.2) is 33.5 Å². The summed E-state index contributed by atoms with van der Waals surface area (Å²) < 4.78 is 2.00. The molecule has 6 nitrogen and oxygen atoms in total. The molecular weight excluding hydrogens is 314 g/mol. The minimum Gasteiger partial charge on any atom is -0.357 e. The van der Waals surface area contributed by atoms with Gasteiger partial charge < -0.3 is 14.8 Å². The first-order valence-corrected chi connectivity index (χ1v) is 8.62. The molecule has 2 aromatic heterocycles. The van der Waals surface area contributed by atoms with Crippen molar-refractivity contribution in [2.75, 3.05) is 23.3 Å². The fourth-order valence-electron chi connectivity index (χ4n) is 2.83. The van der Waals surface area contributed by atoms with E-state index in [-0.39, 0.29) is 5.91 Å². The predicted octanol–water partition coefficient (Wildman–Crippen LogP) is 3.31. The topological polar surface area (TPSA) is 63.1 Å². The molecule has 3 rings (SSSR count). The molecule has 25 heavy (non-hydrogen) atoms. The number of nitrogens with one attached hydrogen (secondary N) is 1. The lowest BCUT2D eigenvalue weighted by Crippen LogP contribution is -2.23. The highest BCUT2D eigenvalue weighted by atomic mass is 16.1. The van der Waals surface area contributed by atoms with Gasteiger partial charge in [-0.25, -0.2) is 9.97 Å². The van der Waals surface area contributed by atoms with E-state index in [1.54, 1.807) is 12.5 Å². The van der Waals surface area contributed by atoms with E-state index in [0.29, 0.717) is 13.0 Å². The number of amides is 1. The molecule has 130 valence electrons. The number of imidazole rings is 1. The van der Waals surface area contributed by atoms with Crippen LogP contribution in [0.15, 0.2) is 48.9 Å². The summed E-state index contributed by atoms with van der Waals surface area (Å²) in [5.41, 5.74) is 2.70. The minimum atomic E-state index is -0.0322. The maximum absolute atomic E-state index is 12.2. The van der Waals surface area contributed by atoms with Crippen LogP contribution in [0.1, 0.15) is 20.3 Å². The quantitative estimate of drug-likeness (QED) is 0.718. The second-order valence-corrected chi connectivity index (χ2v) is 5.80. The molecule has 0 aliphatic heterocycles. The smallest absolute Gasteiger partial charge is 0.226 e. The molecule has 0 saturated heterocycles. The van der Waals surface area contributed by atoms with E-state index in [2.05, 4.69) is 34.0 Å². The van der Waals surface area contributed by atoms with Gasteiger partial charge in [0, 0.05) is 26.1 Å². The van der Waals surface area contributed by atoms with E-state index in [1.807, 2.05) is 41.0 Å². The summed E-state index contributed by atoms with van der Waals surface area (Å²) >= 11 is 0. The Morgan fingerprint density at radius 1 is 1.12 bits per heavy atom. The van der Waals surface area contributed by atoms with Crippen LogP contribution in [0, 0.1) is 0 Å². The third-order valence-electron chi connectivity index (χ3n) is 4.23. The second kappa shape index (κ2) is 7.79.